The molecular weight excluding hydrogens is 268 g/mol. The third kappa shape index (κ3) is 3.12. The number of carbonyl (C=O) groups is 1. The van der Waals surface area contributed by atoms with Gasteiger partial charge < -0.3 is 0 Å². The van der Waals surface area contributed by atoms with Crippen LogP contribution in [0.4, 0.5) is 0 Å². The van der Waals surface area contributed by atoms with E-state index in [0.29, 0.717) is 6.04 Å². The Labute approximate surface area is 123 Å². The molecule has 1 aliphatic carbocycles. The van der Waals surface area contributed by atoms with Gasteiger partial charge in [-0.3, -0.25) is 9.48 Å². The van der Waals surface area contributed by atoms with Gasteiger partial charge in [0.1, 0.15) is 6.29 Å². The fourth-order valence-electron chi connectivity index (χ4n) is 2.66. The van der Waals surface area contributed by atoms with E-state index in [1.807, 2.05) is 24.3 Å². The van der Waals surface area contributed by atoms with Crippen LogP contribution >= 0.6 is 11.8 Å². The molecule has 0 bridgehead atoms. The fourth-order valence-corrected chi connectivity index (χ4v) is 3.52. The Morgan fingerprint density at radius 1 is 1.30 bits per heavy atom. The largest absolute Gasteiger partial charge is 0.298 e. The van der Waals surface area contributed by atoms with Crippen LogP contribution < -0.4 is 0 Å². The van der Waals surface area contributed by atoms with Gasteiger partial charge >= 0.3 is 0 Å². The lowest BCUT2D eigenvalue weighted by Crippen LogP contribution is -2.05. The van der Waals surface area contributed by atoms with Crippen molar-refractivity contribution in [3.8, 4) is 0 Å². The minimum absolute atomic E-state index is 0.604. The molecule has 1 aromatic heterocycles. The van der Waals surface area contributed by atoms with Crippen LogP contribution in [-0.4, -0.2) is 16.1 Å². The number of thioether (sulfide) groups is 1. The molecule has 0 saturated heterocycles. The van der Waals surface area contributed by atoms with E-state index >= 15 is 0 Å². The average Bonchev–Trinajstić information content (AvgIpc) is 3.16. The number of benzene rings is 1. The number of carbonyl (C=O) groups excluding carboxylic acids is 1. The second-order valence-electron chi connectivity index (χ2n) is 5.20. The molecule has 1 heterocycles. The van der Waals surface area contributed by atoms with Crippen LogP contribution in [0.25, 0.3) is 0 Å². The van der Waals surface area contributed by atoms with Gasteiger partial charge in [0, 0.05) is 22.4 Å². The summed E-state index contributed by atoms with van der Waals surface area (Å²) in [6, 6.07) is 10.4. The summed E-state index contributed by atoms with van der Waals surface area (Å²) in [4.78, 5) is 11.9. The third-order valence-corrected chi connectivity index (χ3v) is 4.77. The van der Waals surface area contributed by atoms with E-state index in [-0.39, 0.29) is 0 Å². The van der Waals surface area contributed by atoms with E-state index < -0.39 is 0 Å². The lowest BCUT2D eigenvalue weighted by molar-refractivity contribution is 0.112. The molecule has 4 heteroatoms. The predicted molar refractivity (Wildman–Crippen MR) is 81.1 cm³/mol. The van der Waals surface area contributed by atoms with Crippen molar-refractivity contribution in [2.24, 2.45) is 0 Å². The van der Waals surface area contributed by atoms with E-state index in [1.165, 1.54) is 25.7 Å². The van der Waals surface area contributed by atoms with Gasteiger partial charge in [-0.05, 0) is 31.0 Å². The SMILES string of the molecule is O=Cc1cccc(SCc2ccn(C3CCCC3)n2)c1. The number of nitrogens with zero attached hydrogens (tertiary/aromatic N) is 2. The average molecular weight is 286 g/mol. The highest BCUT2D eigenvalue weighted by atomic mass is 32.2. The fraction of sp³-hybridized carbons (Fsp3) is 0.375. The highest BCUT2D eigenvalue weighted by molar-refractivity contribution is 7.98. The van der Waals surface area contributed by atoms with Crippen molar-refractivity contribution in [1.29, 1.82) is 0 Å². The molecule has 20 heavy (non-hydrogen) atoms. The Morgan fingerprint density at radius 3 is 2.95 bits per heavy atom. The molecule has 1 fully saturated rings. The molecule has 0 amide bonds. The van der Waals surface area contributed by atoms with Crippen LogP contribution in [0.15, 0.2) is 41.4 Å². The smallest absolute Gasteiger partial charge is 0.150 e. The molecule has 104 valence electrons. The van der Waals surface area contributed by atoms with Gasteiger partial charge in [0.15, 0.2) is 0 Å². The van der Waals surface area contributed by atoms with Crippen molar-refractivity contribution < 1.29 is 4.79 Å². The van der Waals surface area contributed by atoms with Crippen LogP contribution in [0.3, 0.4) is 0 Å². The van der Waals surface area contributed by atoms with E-state index in [2.05, 4.69) is 22.0 Å². The van der Waals surface area contributed by atoms with Crippen molar-refractivity contribution in [2.75, 3.05) is 0 Å². The molecule has 0 atom stereocenters. The quantitative estimate of drug-likeness (QED) is 0.613. The van der Waals surface area contributed by atoms with E-state index in [9.17, 15) is 4.79 Å². The van der Waals surface area contributed by atoms with Crippen molar-refractivity contribution >= 4 is 18.0 Å². The zero-order valence-electron chi connectivity index (χ0n) is 11.4. The second kappa shape index (κ2) is 6.27. The Balaban J connectivity index is 1.61. The van der Waals surface area contributed by atoms with E-state index in [0.717, 1.165) is 28.2 Å². The van der Waals surface area contributed by atoms with E-state index in [4.69, 9.17) is 0 Å². The summed E-state index contributed by atoms with van der Waals surface area (Å²) in [5, 5.41) is 4.68. The van der Waals surface area contributed by atoms with Crippen molar-refractivity contribution in [3.05, 3.63) is 47.8 Å². The van der Waals surface area contributed by atoms with Crippen molar-refractivity contribution in [1.82, 2.24) is 9.78 Å². The number of rotatable bonds is 5. The molecule has 0 N–H and O–H groups in total. The molecule has 1 saturated carbocycles. The minimum Gasteiger partial charge on any atom is -0.298 e. The maximum absolute atomic E-state index is 10.8. The Hall–Kier alpha value is -1.55. The van der Waals surface area contributed by atoms with Crippen LogP contribution in [0.1, 0.15) is 47.8 Å². The first-order valence-electron chi connectivity index (χ1n) is 7.07. The Kier molecular flexibility index (Phi) is 4.21. The molecule has 2 aromatic rings. The van der Waals surface area contributed by atoms with Gasteiger partial charge in [0.2, 0.25) is 0 Å². The first-order chi connectivity index (χ1) is 9.85. The molecule has 3 rings (SSSR count). The highest BCUT2D eigenvalue weighted by Gasteiger charge is 2.17. The van der Waals surface area contributed by atoms with Gasteiger partial charge in [0.05, 0.1) is 11.7 Å². The predicted octanol–water partition coefficient (Wildman–Crippen LogP) is 4.10. The van der Waals surface area contributed by atoms with Crippen LogP contribution in [0.5, 0.6) is 0 Å². The maximum Gasteiger partial charge on any atom is 0.150 e. The zero-order valence-corrected chi connectivity index (χ0v) is 12.2. The van der Waals surface area contributed by atoms with Crippen molar-refractivity contribution in [3.63, 3.8) is 0 Å². The maximum atomic E-state index is 10.8. The summed E-state index contributed by atoms with van der Waals surface area (Å²) in [5.41, 5.74) is 1.84. The first kappa shape index (κ1) is 13.4. The minimum atomic E-state index is 0.604. The standard InChI is InChI=1S/C16H18N2OS/c19-11-13-4-3-7-16(10-13)20-12-14-8-9-18(17-14)15-5-1-2-6-15/h3-4,7-11,15H,1-2,5-6,12H2. The van der Waals surface area contributed by atoms with Crippen LogP contribution in [0, 0.1) is 0 Å². The topological polar surface area (TPSA) is 34.9 Å². The van der Waals surface area contributed by atoms with E-state index in [1.54, 1.807) is 11.8 Å². The molecule has 1 aromatic carbocycles. The second-order valence-corrected chi connectivity index (χ2v) is 6.25. The summed E-state index contributed by atoms with van der Waals surface area (Å²) < 4.78 is 2.13. The van der Waals surface area contributed by atoms with Gasteiger partial charge in [0.25, 0.3) is 0 Å². The van der Waals surface area contributed by atoms with Crippen molar-refractivity contribution in [2.45, 2.75) is 42.4 Å². The summed E-state index contributed by atoms with van der Waals surface area (Å²) in [5.74, 6) is 0.849. The molecule has 1 aliphatic rings. The first-order valence-corrected chi connectivity index (χ1v) is 8.06. The van der Waals surface area contributed by atoms with Gasteiger partial charge in [-0.15, -0.1) is 11.8 Å². The monoisotopic (exact) mass is 286 g/mol. The number of aldehydes is 1. The molecule has 0 aliphatic heterocycles. The Bertz CT molecular complexity index is 588. The van der Waals surface area contributed by atoms with Gasteiger partial charge in [-0.2, -0.15) is 5.10 Å². The number of hydrogen-bond donors (Lipinski definition) is 0. The Morgan fingerprint density at radius 2 is 2.15 bits per heavy atom. The summed E-state index contributed by atoms with van der Waals surface area (Å²) in [6.07, 6.45) is 8.16. The molecule has 0 radical (unpaired) electrons. The summed E-state index contributed by atoms with van der Waals surface area (Å²) in [7, 11) is 0. The normalized spacial score (nSPS) is 15.6. The number of aromatic nitrogens is 2. The van der Waals surface area contributed by atoms with Crippen LogP contribution in [0.2, 0.25) is 0 Å². The number of hydrogen-bond acceptors (Lipinski definition) is 3. The molecular formula is C16H18N2OS. The lowest BCUT2D eigenvalue weighted by Gasteiger charge is -2.08. The summed E-state index contributed by atoms with van der Waals surface area (Å²) in [6.45, 7) is 0. The van der Waals surface area contributed by atoms with Gasteiger partial charge in [-0.25, -0.2) is 0 Å². The third-order valence-electron chi connectivity index (χ3n) is 3.74. The zero-order chi connectivity index (χ0) is 13.8. The lowest BCUT2D eigenvalue weighted by atomic mass is 10.2. The highest BCUT2D eigenvalue weighted by Crippen LogP contribution is 2.29. The molecule has 0 unspecified atom stereocenters. The van der Waals surface area contributed by atoms with Crippen LogP contribution in [-0.2, 0) is 5.75 Å². The van der Waals surface area contributed by atoms with Gasteiger partial charge in [-0.1, -0.05) is 25.0 Å². The molecule has 3 nitrogen and oxygen atoms in total. The summed E-state index contributed by atoms with van der Waals surface area (Å²) >= 11 is 1.72. The molecule has 0 spiro atoms.